The summed E-state index contributed by atoms with van der Waals surface area (Å²) in [7, 11) is 0. The maximum atomic E-state index is 11.0. The van der Waals surface area contributed by atoms with Crippen molar-refractivity contribution in [3.8, 4) is 0 Å². The summed E-state index contributed by atoms with van der Waals surface area (Å²) in [6.45, 7) is 4.55. The zero-order chi connectivity index (χ0) is 12.3. The van der Waals surface area contributed by atoms with E-state index >= 15 is 0 Å². The molecular weight excluding hydrogens is 280 g/mol. The summed E-state index contributed by atoms with van der Waals surface area (Å²) in [4.78, 5) is 13.3. The zero-order valence-electron chi connectivity index (χ0n) is 9.95. The molecule has 0 saturated carbocycles. The van der Waals surface area contributed by atoms with Crippen LogP contribution < -0.4 is 5.32 Å². The van der Waals surface area contributed by atoms with Crippen LogP contribution in [0.2, 0.25) is 0 Å². The largest absolute Gasteiger partial charge is 0.352 e. The zero-order valence-corrected chi connectivity index (χ0v) is 11.5. The third-order valence-corrected chi connectivity index (χ3v) is 3.53. The molecule has 1 atom stereocenters. The van der Waals surface area contributed by atoms with Gasteiger partial charge < -0.3 is 5.32 Å². The van der Waals surface area contributed by atoms with Crippen molar-refractivity contribution < 1.29 is 4.79 Å². The highest BCUT2D eigenvalue weighted by Crippen LogP contribution is 2.16. The number of likely N-dealkylation sites (tertiary alicyclic amines) is 1. The highest BCUT2D eigenvalue weighted by molar-refractivity contribution is 9.10. The van der Waals surface area contributed by atoms with Gasteiger partial charge in [-0.25, -0.2) is 0 Å². The molecule has 1 aliphatic rings. The van der Waals surface area contributed by atoms with Gasteiger partial charge in [0, 0.05) is 37.1 Å². The van der Waals surface area contributed by atoms with E-state index < -0.39 is 0 Å². The summed E-state index contributed by atoms with van der Waals surface area (Å²) in [5, 5.41) is 2.98. The van der Waals surface area contributed by atoms with Gasteiger partial charge in [0.15, 0.2) is 0 Å². The fraction of sp³-hybridized carbons (Fsp3) is 0.462. The SMILES string of the molecule is CC(=O)N[C@H]1CCN(Cc2ccc(Br)cc2)C1. The summed E-state index contributed by atoms with van der Waals surface area (Å²) < 4.78 is 1.11. The molecule has 17 heavy (non-hydrogen) atoms. The van der Waals surface area contributed by atoms with Gasteiger partial charge in [-0.3, -0.25) is 9.69 Å². The Bertz CT molecular complexity index is 391. The molecule has 4 heteroatoms. The first-order chi connectivity index (χ1) is 8.13. The van der Waals surface area contributed by atoms with Gasteiger partial charge in [0.1, 0.15) is 0 Å². The summed E-state index contributed by atoms with van der Waals surface area (Å²) in [6.07, 6.45) is 1.05. The molecule has 1 aromatic carbocycles. The number of amides is 1. The van der Waals surface area contributed by atoms with Gasteiger partial charge in [0.05, 0.1) is 0 Å². The van der Waals surface area contributed by atoms with Gasteiger partial charge in [-0.05, 0) is 24.1 Å². The van der Waals surface area contributed by atoms with Crippen LogP contribution in [0.4, 0.5) is 0 Å². The van der Waals surface area contributed by atoms with E-state index in [1.807, 2.05) is 0 Å². The number of hydrogen-bond donors (Lipinski definition) is 1. The van der Waals surface area contributed by atoms with E-state index in [-0.39, 0.29) is 5.91 Å². The second-order valence-electron chi connectivity index (χ2n) is 4.55. The molecule has 1 saturated heterocycles. The average molecular weight is 297 g/mol. The summed E-state index contributed by atoms with van der Waals surface area (Å²) in [5.41, 5.74) is 1.32. The third kappa shape index (κ3) is 3.82. The van der Waals surface area contributed by atoms with Gasteiger partial charge in [0.2, 0.25) is 5.91 Å². The topological polar surface area (TPSA) is 32.3 Å². The Morgan fingerprint density at radius 3 is 2.82 bits per heavy atom. The van der Waals surface area contributed by atoms with E-state index in [0.29, 0.717) is 6.04 Å². The van der Waals surface area contributed by atoms with Gasteiger partial charge in [-0.1, -0.05) is 28.1 Å². The molecule has 92 valence electrons. The van der Waals surface area contributed by atoms with Crippen molar-refractivity contribution in [2.45, 2.75) is 25.9 Å². The minimum atomic E-state index is 0.0699. The lowest BCUT2D eigenvalue weighted by Crippen LogP contribution is -2.35. The Labute approximate surface area is 110 Å². The molecule has 1 amide bonds. The molecule has 0 spiro atoms. The van der Waals surface area contributed by atoms with Crippen molar-refractivity contribution in [2.75, 3.05) is 13.1 Å². The van der Waals surface area contributed by atoms with Crippen molar-refractivity contribution in [3.63, 3.8) is 0 Å². The summed E-state index contributed by atoms with van der Waals surface area (Å²) >= 11 is 3.43. The van der Waals surface area contributed by atoms with E-state index in [1.54, 1.807) is 6.92 Å². The van der Waals surface area contributed by atoms with Crippen LogP contribution in [0.1, 0.15) is 18.9 Å². The third-order valence-electron chi connectivity index (χ3n) is 3.00. The molecule has 0 aromatic heterocycles. The number of nitrogens with zero attached hydrogens (tertiary/aromatic N) is 1. The Morgan fingerprint density at radius 1 is 1.47 bits per heavy atom. The van der Waals surface area contributed by atoms with E-state index in [1.165, 1.54) is 5.56 Å². The van der Waals surface area contributed by atoms with Crippen LogP contribution >= 0.6 is 15.9 Å². The van der Waals surface area contributed by atoms with Gasteiger partial charge in [-0.2, -0.15) is 0 Å². The predicted molar refractivity (Wildman–Crippen MR) is 71.6 cm³/mol. The number of hydrogen-bond acceptors (Lipinski definition) is 2. The quantitative estimate of drug-likeness (QED) is 0.927. The number of halogens is 1. The minimum Gasteiger partial charge on any atom is -0.352 e. The molecule has 1 N–H and O–H groups in total. The number of rotatable bonds is 3. The number of nitrogens with one attached hydrogen (secondary N) is 1. The van der Waals surface area contributed by atoms with Crippen molar-refractivity contribution in [2.24, 2.45) is 0 Å². The monoisotopic (exact) mass is 296 g/mol. The van der Waals surface area contributed by atoms with Gasteiger partial charge in [-0.15, -0.1) is 0 Å². The standard InChI is InChI=1S/C13H17BrN2O/c1-10(17)15-13-6-7-16(9-13)8-11-2-4-12(14)5-3-11/h2-5,13H,6-9H2,1H3,(H,15,17)/t13-/m0/s1. The highest BCUT2D eigenvalue weighted by atomic mass is 79.9. The van der Waals surface area contributed by atoms with E-state index in [2.05, 4.69) is 50.4 Å². The lowest BCUT2D eigenvalue weighted by atomic mass is 10.2. The van der Waals surface area contributed by atoms with E-state index in [9.17, 15) is 4.79 Å². The Balaban J connectivity index is 1.85. The Morgan fingerprint density at radius 2 is 2.18 bits per heavy atom. The summed E-state index contributed by atoms with van der Waals surface area (Å²) in [6, 6.07) is 8.72. The first-order valence-corrected chi connectivity index (χ1v) is 6.66. The van der Waals surface area contributed by atoms with Crippen LogP contribution in [0.15, 0.2) is 28.7 Å². The Hall–Kier alpha value is -0.870. The molecule has 0 aliphatic carbocycles. The van der Waals surface area contributed by atoms with Crippen LogP contribution in [0.5, 0.6) is 0 Å². The molecule has 1 fully saturated rings. The first kappa shape index (κ1) is 12.6. The molecule has 0 unspecified atom stereocenters. The van der Waals surface area contributed by atoms with Gasteiger partial charge in [0.25, 0.3) is 0 Å². The van der Waals surface area contributed by atoms with Crippen LogP contribution in [0, 0.1) is 0 Å². The number of benzene rings is 1. The molecule has 3 nitrogen and oxygen atoms in total. The second-order valence-corrected chi connectivity index (χ2v) is 5.46. The molecular formula is C13H17BrN2O. The molecule has 0 bridgehead atoms. The normalized spacial score (nSPS) is 20.5. The van der Waals surface area contributed by atoms with Crippen molar-refractivity contribution in [1.29, 1.82) is 0 Å². The Kier molecular flexibility index (Phi) is 4.18. The first-order valence-electron chi connectivity index (χ1n) is 5.87. The van der Waals surface area contributed by atoms with Gasteiger partial charge >= 0.3 is 0 Å². The molecule has 1 aromatic rings. The van der Waals surface area contributed by atoms with Crippen molar-refractivity contribution in [3.05, 3.63) is 34.3 Å². The van der Waals surface area contributed by atoms with Crippen LogP contribution in [-0.2, 0) is 11.3 Å². The maximum absolute atomic E-state index is 11.0. The number of carbonyl (C=O) groups is 1. The predicted octanol–water partition coefficient (Wildman–Crippen LogP) is 2.16. The van der Waals surface area contributed by atoms with Crippen LogP contribution in [0.25, 0.3) is 0 Å². The lowest BCUT2D eigenvalue weighted by Gasteiger charge is -2.16. The second kappa shape index (κ2) is 5.65. The van der Waals surface area contributed by atoms with Crippen LogP contribution in [0.3, 0.4) is 0 Å². The molecule has 1 heterocycles. The molecule has 1 aliphatic heterocycles. The fourth-order valence-corrected chi connectivity index (χ4v) is 2.49. The average Bonchev–Trinajstić information content (AvgIpc) is 2.68. The molecule has 2 rings (SSSR count). The highest BCUT2D eigenvalue weighted by Gasteiger charge is 2.22. The van der Waals surface area contributed by atoms with Crippen molar-refractivity contribution in [1.82, 2.24) is 10.2 Å². The maximum Gasteiger partial charge on any atom is 0.217 e. The smallest absolute Gasteiger partial charge is 0.217 e. The van der Waals surface area contributed by atoms with Crippen molar-refractivity contribution >= 4 is 21.8 Å². The van der Waals surface area contributed by atoms with Crippen LogP contribution in [-0.4, -0.2) is 29.9 Å². The van der Waals surface area contributed by atoms with E-state index in [4.69, 9.17) is 0 Å². The molecule has 0 radical (unpaired) electrons. The number of carbonyl (C=O) groups excluding carboxylic acids is 1. The lowest BCUT2D eigenvalue weighted by molar-refractivity contribution is -0.119. The van der Waals surface area contributed by atoms with E-state index in [0.717, 1.165) is 30.5 Å². The minimum absolute atomic E-state index is 0.0699. The fourth-order valence-electron chi connectivity index (χ4n) is 2.23. The summed E-state index contributed by atoms with van der Waals surface area (Å²) in [5.74, 6) is 0.0699.